The van der Waals surface area contributed by atoms with Gasteiger partial charge >= 0.3 is 0 Å². The second kappa shape index (κ2) is 13.0. The fraction of sp³-hybridized carbons (Fsp3) is 0.267. The maximum atomic E-state index is 13.4. The van der Waals surface area contributed by atoms with E-state index in [9.17, 15) is 9.59 Å². The molecule has 10 heteroatoms. The smallest absolute Gasteiger partial charge is 0.254 e. The van der Waals surface area contributed by atoms with Crippen LogP contribution in [0.4, 0.5) is 0 Å². The molecule has 0 saturated carbocycles. The van der Waals surface area contributed by atoms with Crippen LogP contribution >= 0.6 is 23.2 Å². The Hall–Kier alpha value is -3.88. The summed E-state index contributed by atoms with van der Waals surface area (Å²) in [6.45, 7) is 1.49. The van der Waals surface area contributed by atoms with Crippen LogP contribution < -0.4 is 18.9 Å². The maximum Gasteiger partial charge on any atom is 0.254 e. The SMILES string of the molecule is COc1ccc(C(=CC(=O)N2CCN(C(=O)c3cc(OC)c(OC)c(OC)c3)CC2)c2cc(Cl)cc(Cl)c2)cc1. The van der Waals surface area contributed by atoms with Crippen molar-refractivity contribution >= 4 is 40.6 Å². The molecule has 0 unspecified atom stereocenters. The van der Waals surface area contributed by atoms with Crippen LogP contribution in [-0.2, 0) is 4.79 Å². The van der Waals surface area contributed by atoms with Gasteiger partial charge < -0.3 is 28.7 Å². The Morgan fingerprint density at radius 1 is 0.675 bits per heavy atom. The van der Waals surface area contributed by atoms with Crippen molar-refractivity contribution in [2.75, 3.05) is 54.6 Å². The van der Waals surface area contributed by atoms with Gasteiger partial charge in [0.05, 0.1) is 28.4 Å². The van der Waals surface area contributed by atoms with E-state index < -0.39 is 0 Å². The van der Waals surface area contributed by atoms with E-state index in [1.807, 2.05) is 24.3 Å². The lowest BCUT2D eigenvalue weighted by atomic mass is 9.97. The molecule has 1 heterocycles. The van der Waals surface area contributed by atoms with E-state index in [0.717, 1.165) is 5.56 Å². The molecule has 2 amide bonds. The minimum absolute atomic E-state index is 0.179. The van der Waals surface area contributed by atoms with Crippen molar-refractivity contribution in [2.45, 2.75) is 0 Å². The lowest BCUT2D eigenvalue weighted by Gasteiger charge is -2.34. The average Bonchev–Trinajstić information content (AvgIpc) is 2.98. The second-order valence-electron chi connectivity index (χ2n) is 8.98. The van der Waals surface area contributed by atoms with E-state index in [0.29, 0.717) is 75.9 Å². The molecule has 1 aliphatic rings. The zero-order valence-corrected chi connectivity index (χ0v) is 24.2. The van der Waals surface area contributed by atoms with Gasteiger partial charge in [-0.2, -0.15) is 0 Å². The molecule has 0 N–H and O–H groups in total. The van der Waals surface area contributed by atoms with Crippen molar-refractivity contribution in [1.29, 1.82) is 0 Å². The number of methoxy groups -OCH3 is 4. The second-order valence-corrected chi connectivity index (χ2v) is 9.85. The number of carbonyl (C=O) groups excluding carboxylic acids is 2. The van der Waals surface area contributed by atoms with Crippen LogP contribution in [0.5, 0.6) is 23.0 Å². The van der Waals surface area contributed by atoms with Gasteiger partial charge in [-0.1, -0.05) is 35.3 Å². The van der Waals surface area contributed by atoms with Crippen molar-refractivity contribution < 1.29 is 28.5 Å². The first-order valence-electron chi connectivity index (χ1n) is 12.5. The molecule has 0 atom stereocenters. The molecular formula is C30H30Cl2N2O6. The van der Waals surface area contributed by atoms with Gasteiger partial charge in [-0.05, 0) is 59.2 Å². The molecule has 40 heavy (non-hydrogen) atoms. The first kappa shape index (κ1) is 29.1. The van der Waals surface area contributed by atoms with Gasteiger partial charge in [-0.15, -0.1) is 0 Å². The van der Waals surface area contributed by atoms with Crippen LogP contribution in [0.2, 0.25) is 10.0 Å². The van der Waals surface area contributed by atoms with Crippen molar-refractivity contribution in [2.24, 2.45) is 0 Å². The van der Waals surface area contributed by atoms with E-state index in [1.54, 1.807) is 53.3 Å². The molecular weight excluding hydrogens is 555 g/mol. The van der Waals surface area contributed by atoms with Gasteiger partial charge in [0.2, 0.25) is 11.7 Å². The topological polar surface area (TPSA) is 77.5 Å². The molecule has 0 aliphatic carbocycles. The van der Waals surface area contributed by atoms with E-state index in [2.05, 4.69) is 0 Å². The van der Waals surface area contributed by atoms with E-state index in [-0.39, 0.29) is 11.8 Å². The third-order valence-corrected chi connectivity index (χ3v) is 7.07. The van der Waals surface area contributed by atoms with Crippen molar-refractivity contribution in [1.82, 2.24) is 9.80 Å². The Morgan fingerprint density at radius 2 is 1.23 bits per heavy atom. The Balaban J connectivity index is 1.54. The quantitative estimate of drug-likeness (QED) is 0.328. The molecule has 3 aromatic carbocycles. The minimum atomic E-state index is -0.186. The van der Waals surface area contributed by atoms with Crippen LogP contribution in [0.3, 0.4) is 0 Å². The van der Waals surface area contributed by atoms with Crippen LogP contribution in [0.15, 0.2) is 60.7 Å². The van der Waals surface area contributed by atoms with Crippen LogP contribution in [0.25, 0.3) is 5.57 Å². The Kier molecular flexibility index (Phi) is 9.45. The molecule has 8 nitrogen and oxygen atoms in total. The predicted molar refractivity (Wildman–Crippen MR) is 155 cm³/mol. The summed E-state index contributed by atoms with van der Waals surface area (Å²) < 4.78 is 21.4. The van der Waals surface area contributed by atoms with E-state index >= 15 is 0 Å². The lowest BCUT2D eigenvalue weighted by Crippen LogP contribution is -2.50. The molecule has 4 rings (SSSR count). The molecule has 1 fully saturated rings. The van der Waals surface area contributed by atoms with Gasteiger partial charge in [0.1, 0.15) is 5.75 Å². The molecule has 0 spiro atoms. The number of amides is 2. The summed E-state index contributed by atoms with van der Waals surface area (Å²) in [5, 5.41) is 0.932. The Bertz CT molecular complexity index is 1370. The zero-order chi connectivity index (χ0) is 28.8. The van der Waals surface area contributed by atoms with Crippen molar-refractivity contribution in [3.63, 3.8) is 0 Å². The summed E-state index contributed by atoms with van der Waals surface area (Å²) in [6.07, 6.45) is 1.58. The highest BCUT2D eigenvalue weighted by Gasteiger charge is 2.26. The number of hydrogen-bond donors (Lipinski definition) is 0. The molecule has 0 radical (unpaired) electrons. The number of hydrogen-bond acceptors (Lipinski definition) is 6. The van der Waals surface area contributed by atoms with Gasteiger partial charge in [-0.25, -0.2) is 0 Å². The molecule has 3 aromatic rings. The zero-order valence-electron chi connectivity index (χ0n) is 22.7. The standard InChI is InChI=1S/C30H30Cl2N2O6/c1-37-24-7-5-19(6-8-24)25(20-13-22(31)17-23(32)14-20)18-28(35)33-9-11-34(12-10-33)30(36)21-15-26(38-2)29(40-4)27(16-21)39-3/h5-8,13-18H,9-12H2,1-4H3. The fourth-order valence-electron chi connectivity index (χ4n) is 4.55. The van der Waals surface area contributed by atoms with Crippen LogP contribution in [0, 0.1) is 0 Å². The predicted octanol–water partition coefficient (Wildman–Crippen LogP) is 5.44. The molecule has 1 aliphatic heterocycles. The Morgan fingerprint density at radius 3 is 1.73 bits per heavy atom. The highest BCUT2D eigenvalue weighted by atomic mass is 35.5. The average molecular weight is 585 g/mol. The van der Waals surface area contributed by atoms with E-state index in [1.165, 1.54) is 21.3 Å². The van der Waals surface area contributed by atoms with Crippen LogP contribution in [0.1, 0.15) is 21.5 Å². The number of benzene rings is 3. The van der Waals surface area contributed by atoms with Gasteiger partial charge in [-0.3, -0.25) is 9.59 Å². The van der Waals surface area contributed by atoms with Crippen molar-refractivity contribution in [3.8, 4) is 23.0 Å². The highest BCUT2D eigenvalue weighted by molar-refractivity contribution is 6.35. The van der Waals surface area contributed by atoms with Crippen LogP contribution in [-0.4, -0.2) is 76.2 Å². The normalized spacial score (nSPS) is 13.6. The van der Waals surface area contributed by atoms with Gasteiger partial charge in [0.15, 0.2) is 11.5 Å². The molecule has 0 bridgehead atoms. The highest BCUT2D eigenvalue weighted by Crippen LogP contribution is 2.38. The van der Waals surface area contributed by atoms with Gasteiger partial charge in [0.25, 0.3) is 5.91 Å². The summed E-state index contributed by atoms with van der Waals surface area (Å²) >= 11 is 12.6. The maximum absolute atomic E-state index is 13.4. The number of piperazine rings is 1. The number of halogens is 2. The van der Waals surface area contributed by atoms with E-state index in [4.69, 9.17) is 42.1 Å². The summed E-state index contributed by atoms with van der Waals surface area (Å²) in [5.41, 5.74) is 2.61. The molecule has 210 valence electrons. The minimum Gasteiger partial charge on any atom is -0.497 e. The monoisotopic (exact) mass is 584 g/mol. The summed E-state index contributed by atoms with van der Waals surface area (Å²) in [4.78, 5) is 30.2. The molecule has 1 saturated heterocycles. The summed E-state index contributed by atoms with van der Waals surface area (Å²) in [5.74, 6) is 1.55. The first-order valence-corrected chi connectivity index (χ1v) is 13.2. The largest absolute Gasteiger partial charge is 0.497 e. The fourth-order valence-corrected chi connectivity index (χ4v) is 5.07. The summed E-state index contributed by atoms with van der Waals surface area (Å²) in [7, 11) is 6.10. The van der Waals surface area contributed by atoms with Gasteiger partial charge in [0, 0.05) is 47.9 Å². The van der Waals surface area contributed by atoms with Crippen molar-refractivity contribution in [3.05, 3.63) is 87.4 Å². The Labute approximate surface area is 243 Å². The first-order chi connectivity index (χ1) is 19.3. The number of carbonyl (C=O) groups is 2. The molecule has 0 aromatic heterocycles. The number of nitrogens with zero attached hydrogens (tertiary/aromatic N) is 2. The summed E-state index contributed by atoms with van der Waals surface area (Å²) in [6, 6.07) is 15.8. The third kappa shape index (κ3) is 6.46. The number of ether oxygens (including phenoxy) is 4. The third-order valence-electron chi connectivity index (χ3n) is 6.63. The lowest BCUT2D eigenvalue weighted by molar-refractivity contribution is -0.127. The number of rotatable bonds is 8.